The van der Waals surface area contributed by atoms with Crippen LogP contribution in [0.1, 0.15) is 36.3 Å². The second-order valence-corrected chi connectivity index (χ2v) is 9.61. The quantitative estimate of drug-likeness (QED) is 0.191. The minimum absolute atomic E-state index is 0.640. The van der Waals surface area contributed by atoms with Gasteiger partial charge in [-0.25, -0.2) is 4.42 Å². The molecule has 0 bridgehead atoms. The van der Waals surface area contributed by atoms with Crippen LogP contribution in [0.15, 0.2) is 108 Å². The molecule has 0 spiro atoms. The van der Waals surface area contributed by atoms with Crippen molar-refractivity contribution in [1.29, 1.82) is 0 Å². The lowest BCUT2D eigenvalue weighted by Crippen LogP contribution is -1.91. The highest BCUT2D eigenvalue weighted by Gasteiger charge is 2.19. The Morgan fingerprint density at radius 2 is 1.28 bits per heavy atom. The van der Waals surface area contributed by atoms with Gasteiger partial charge in [-0.1, -0.05) is 54.6 Å². The van der Waals surface area contributed by atoms with Gasteiger partial charge in [-0.05, 0) is 96.1 Å². The molecule has 0 aliphatic heterocycles. The Morgan fingerprint density at radius 1 is 0.615 bits per heavy atom. The van der Waals surface area contributed by atoms with Crippen LogP contribution in [-0.2, 0) is 6.42 Å². The Morgan fingerprint density at radius 3 is 2.00 bits per heavy atom. The summed E-state index contributed by atoms with van der Waals surface area (Å²) < 4.78 is 17.7. The molecule has 0 amide bonds. The maximum absolute atomic E-state index is 6.40. The zero-order valence-electron chi connectivity index (χ0n) is 22.3. The Labute approximate surface area is 230 Å². The molecule has 6 rings (SSSR count). The fourth-order valence-electron chi connectivity index (χ4n) is 5.15. The van der Waals surface area contributed by atoms with Gasteiger partial charge in [0.25, 0.3) is 0 Å². The maximum atomic E-state index is 6.40. The van der Waals surface area contributed by atoms with Gasteiger partial charge in [-0.15, -0.1) is 0 Å². The monoisotopic (exact) mass is 511 g/mol. The van der Waals surface area contributed by atoms with E-state index >= 15 is 0 Å². The van der Waals surface area contributed by atoms with Crippen LogP contribution in [0, 0.1) is 0 Å². The zero-order chi connectivity index (χ0) is 26.6. The van der Waals surface area contributed by atoms with Crippen LogP contribution in [0.2, 0.25) is 0 Å². The molecule has 0 fully saturated rings. The van der Waals surface area contributed by atoms with Gasteiger partial charge in [-0.3, -0.25) is 0 Å². The minimum atomic E-state index is 0.640. The van der Waals surface area contributed by atoms with Gasteiger partial charge in [0, 0.05) is 11.6 Å². The Hall–Kier alpha value is -4.63. The van der Waals surface area contributed by atoms with Gasteiger partial charge >= 0.3 is 11.5 Å². The molecule has 3 heteroatoms. The molecule has 1 aliphatic carbocycles. The van der Waals surface area contributed by atoms with E-state index in [4.69, 9.17) is 13.9 Å². The number of benzene rings is 4. The van der Waals surface area contributed by atoms with Crippen molar-refractivity contribution in [1.82, 2.24) is 0 Å². The standard InChI is InChI=1S/C36H31O3/c1-3-37-31-16-11-26(12-17-31)29-23-33(39-36(24-29)27-13-18-32(19-14-27)38-4-2)15-9-25-10-20-35-30(21-25)22-28-7-5-6-8-34(28)35/h5-21,23-24H,3-4,22H2,1-2H3/q+1. The van der Waals surface area contributed by atoms with Crippen molar-refractivity contribution < 1.29 is 13.9 Å². The summed E-state index contributed by atoms with van der Waals surface area (Å²) in [6, 6.07) is 35.8. The highest BCUT2D eigenvalue weighted by atomic mass is 16.5. The van der Waals surface area contributed by atoms with Gasteiger partial charge in [0.2, 0.25) is 0 Å². The molecule has 0 atom stereocenters. The summed E-state index contributed by atoms with van der Waals surface area (Å²) in [5.41, 5.74) is 9.79. The third-order valence-corrected chi connectivity index (χ3v) is 7.02. The van der Waals surface area contributed by atoms with Gasteiger partial charge in [-0.2, -0.15) is 0 Å². The fourth-order valence-corrected chi connectivity index (χ4v) is 5.15. The summed E-state index contributed by atoms with van der Waals surface area (Å²) in [6.45, 7) is 5.27. The molecule has 3 nitrogen and oxygen atoms in total. The molecule has 0 N–H and O–H groups in total. The van der Waals surface area contributed by atoms with E-state index in [-0.39, 0.29) is 0 Å². The first-order valence-electron chi connectivity index (χ1n) is 13.5. The van der Waals surface area contributed by atoms with Crippen molar-refractivity contribution in [2.45, 2.75) is 20.3 Å². The highest BCUT2D eigenvalue weighted by Crippen LogP contribution is 2.37. The van der Waals surface area contributed by atoms with Crippen molar-refractivity contribution >= 4 is 12.2 Å². The lowest BCUT2D eigenvalue weighted by Gasteiger charge is -2.05. The molecule has 0 saturated carbocycles. The fraction of sp³-hybridized carbons (Fsp3) is 0.139. The highest BCUT2D eigenvalue weighted by molar-refractivity contribution is 5.80. The van der Waals surface area contributed by atoms with Gasteiger partial charge in [0.15, 0.2) is 0 Å². The van der Waals surface area contributed by atoms with Crippen LogP contribution >= 0.6 is 0 Å². The smallest absolute Gasteiger partial charge is 0.361 e. The van der Waals surface area contributed by atoms with Crippen LogP contribution < -0.4 is 9.47 Å². The average Bonchev–Trinajstić information content (AvgIpc) is 3.35. The number of rotatable bonds is 8. The Balaban J connectivity index is 1.34. The second kappa shape index (κ2) is 11.0. The van der Waals surface area contributed by atoms with Crippen LogP contribution in [0.3, 0.4) is 0 Å². The lowest BCUT2D eigenvalue weighted by atomic mass is 10.0. The molecule has 39 heavy (non-hydrogen) atoms. The predicted octanol–water partition coefficient (Wildman–Crippen LogP) is 9.43. The molecular formula is C36H31O3+. The van der Waals surface area contributed by atoms with Gasteiger partial charge < -0.3 is 9.47 Å². The summed E-state index contributed by atoms with van der Waals surface area (Å²) in [5, 5.41) is 0. The van der Waals surface area contributed by atoms with Crippen LogP contribution in [0.4, 0.5) is 0 Å². The number of hydrogen-bond donors (Lipinski definition) is 0. The first kappa shape index (κ1) is 24.7. The number of hydrogen-bond acceptors (Lipinski definition) is 2. The van der Waals surface area contributed by atoms with Crippen molar-refractivity contribution in [3.63, 3.8) is 0 Å². The summed E-state index contributed by atoms with van der Waals surface area (Å²) in [4.78, 5) is 0. The Kier molecular flexibility index (Phi) is 6.97. The zero-order valence-corrected chi connectivity index (χ0v) is 22.3. The molecule has 5 aromatic rings. The van der Waals surface area contributed by atoms with Crippen LogP contribution in [-0.4, -0.2) is 13.2 Å². The Bertz CT molecular complexity index is 1560. The van der Waals surface area contributed by atoms with Crippen molar-refractivity contribution in [2.24, 2.45) is 0 Å². The molecule has 1 aliphatic rings. The summed E-state index contributed by atoms with van der Waals surface area (Å²) in [7, 11) is 0. The normalized spacial score (nSPS) is 11.8. The van der Waals surface area contributed by atoms with E-state index in [1.165, 1.54) is 22.3 Å². The van der Waals surface area contributed by atoms with Crippen LogP contribution in [0.25, 0.3) is 45.7 Å². The van der Waals surface area contributed by atoms with Crippen molar-refractivity contribution in [2.75, 3.05) is 13.2 Å². The first-order valence-corrected chi connectivity index (χ1v) is 13.5. The van der Waals surface area contributed by atoms with Crippen molar-refractivity contribution in [3.8, 4) is 45.1 Å². The predicted molar refractivity (Wildman–Crippen MR) is 160 cm³/mol. The lowest BCUT2D eigenvalue weighted by molar-refractivity contribution is 0.340. The SMILES string of the molecule is CCOc1ccc(-c2cc(C=Cc3ccc4c(c3)Cc3ccccc3-4)[o+]c(-c3ccc(OCC)cc3)c2)cc1. The molecular weight excluding hydrogens is 480 g/mol. The van der Waals surface area contributed by atoms with E-state index in [9.17, 15) is 0 Å². The molecule has 0 saturated heterocycles. The minimum Gasteiger partial charge on any atom is -0.494 e. The number of ether oxygens (including phenoxy) is 2. The molecule has 192 valence electrons. The summed E-state index contributed by atoms with van der Waals surface area (Å²) >= 11 is 0. The summed E-state index contributed by atoms with van der Waals surface area (Å²) in [6.07, 6.45) is 5.17. The van der Waals surface area contributed by atoms with E-state index in [2.05, 4.69) is 78.9 Å². The van der Waals surface area contributed by atoms with E-state index in [0.29, 0.717) is 13.2 Å². The molecule has 1 aromatic heterocycles. The van der Waals surface area contributed by atoms with Gasteiger partial charge in [0.05, 0.1) is 30.9 Å². The van der Waals surface area contributed by atoms with E-state index in [1.54, 1.807) is 0 Å². The largest absolute Gasteiger partial charge is 0.494 e. The first-order chi connectivity index (χ1) is 19.2. The molecule has 4 aromatic carbocycles. The van der Waals surface area contributed by atoms with Crippen molar-refractivity contribution in [3.05, 3.63) is 126 Å². The summed E-state index contributed by atoms with van der Waals surface area (Å²) in [5.74, 6) is 3.30. The van der Waals surface area contributed by atoms with E-state index < -0.39 is 0 Å². The molecule has 1 heterocycles. The molecule has 0 radical (unpaired) electrons. The van der Waals surface area contributed by atoms with Crippen LogP contribution in [0.5, 0.6) is 11.5 Å². The second-order valence-electron chi connectivity index (χ2n) is 9.61. The van der Waals surface area contributed by atoms with E-state index in [0.717, 1.165) is 51.7 Å². The third-order valence-electron chi connectivity index (χ3n) is 7.02. The van der Waals surface area contributed by atoms with E-state index in [1.807, 2.05) is 50.2 Å². The third kappa shape index (κ3) is 5.35. The average molecular weight is 512 g/mol. The van der Waals surface area contributed by atoms with Gasteiger partial charge in [0.1, 0.15) is 11.5 Å². The number of fused-ring (bicyclic) bond motifs is 3. The molecule has 0 unspecified atom stereocenters. The topological polar surface area (TPSA) is 29.8 Å². The maximum Gasteiger partial charge on any atom is 0.361 e.